The molecule has 19 heavy (non-hydrogen) atoms. The van der Waals surface area contributed by atoms with E-state index >= 15 is 0 Å². The average molecular weight is 338 g/mol. The Hall–Kier alpha value is -1.52. The number of aromatic nitrogens is 2. The lowest BCUT2D eigenvalue weighted by Crippen LogP contribution is -1.92. The van der Waals surface area contributed by atoms with E-state index in [1.165, 1.54) is 6.07 Å². The van der Waals surface area contributed by atoms with E-state index in [1.807, 2.05) is 24.3 Å². The van der Waals surface area contributed by atoms with E-state index < -0.39 is 0 Å². The summed E-state index contributed by atoms with van der Waals surface area (Å²) in [5.41, 5.74) is 1.47. The third-order valence-corrected chi connectivity index (χ3v) is 3.72. The molecule has 0 spiro atoms. The molecule has 0 aliphatic rings. The monoisotopic (exact) mass is 336 g/mol. The van der Waals surface area contributed by atoms with E-state index in [2.05, 4.69) is 26.1 Å². The van der Waals surface area contributed by atoms with Crippen molar-refractivity contribution in [2.45, 2.75) is 0 Å². The molecular weight excluding hydrogens is 331 g/mol. The number of rotatable bonds is 1. The van der Waals surface area contributed by atoms with Crippen molar-refractivity contribution in [2.24, 2.45) is 0 Å². The molecule has 0 bridgehead atoms. The van der Waals surface area contributed by atoms with Crippen molar-refractivity contribution in [3.63, 3.8) is 0 Å². The van der Waals surface area contributed by atoms with Crippen molar-refractivity contribution >= 4 is 38.3 Å². The first kappa shape index (κ1) is 12.5. The summed E-state index contributed by atoms with van der Waals surface area (Å²) in [6.07, 6.45) is 0. The quantitative estimate of drug-likeness (QED) is 0.634. The summed E-state index contributed by atoms with van der Waals surface area (Å²) in [7, 11) is 0. The van der Waals surface area contributed by atoms with Gasteiger partial charge in [0.15, 0.2) is 5.15 Å². The van der Waals surface area contributed by atoms with Crippen LogP contribution in [0.5, 0.6) is 0 Å². The van der Waals surface area contributed by atoms with Crippen LogP contribution < -0.4 is 0 Å². The summed E-state index contributed by atoms with van der Waals surface area (Å²) in [4.78, 5) is 0. The van der Waals surface area contributed by atoms with Crippen LogP contribution >= 0.6 is 27.5 Å². The first-order valence-corrected chi connectivity index (χ1v) is 6.70. The SMILES string of the molecule is Fc1ccc(-c2nnc(Cl)c3ccccc23)cc1Br. The fraction of sp³-hybridized carbons (Fsp3) is 0. The molecule has 0 saturated heterocycles. The fourth-order valence-electron chi connectivity index (χ4n) is 1.93. The maximum atomic E-state index is 13.3. The highest BCUT2D eigenvalue weighted by Crippen LogP contribution is 2.31. The van der Waals surface area contributed by atoms with E-state index in [4.69, 9.17) is 11.6 Å². The Morgan fingerprint density at radius 1 is 1.00 bits per heavy atom. The Bertz CT molecular complexity index is 776. The van der Waals surface area contributed by atoms with E-state index in [0.717, 1.165) is 16.3 Å². The zero-order valence-electron chi connectivity index (χ0n) is 9.57. The summed E-state index contributed by atoms with van der Waals surface area (Å²) in [5.74, 6) is -0.310. The van der Waals surface area contributed by atoms with E-state index in [-0.39, 0.29) is 5.82 Å². The third-order valence-electron chi connectivity index (χ3n) is 2.84. The zero-order valence-corrected chi connectivity index (χ0v) is 11.9. The highest BCUT2D eigenvalue weighted by atomic mass is 79.9. The highest BCUT2D eigenvalue weighted by molar-refractivity contribution is 9.10. The summed E-state index contributed by atoms with van der Waals surface area (Å²) < 4.78 is 13.7. The molecule has 0 N–H and O–H groups in total. The summed E-state index contributed by atoms with van der Waals surface area (Å²) in [6.45, 7) is 0. The van der Waals surface area contributed by atoms with Gasteiger partial charge in [-0.1, -0.05) is 35.9 Å². The van der Waals surface area contributed by atoms with E-state index in [1.54, 1.807) is 12.1 Å². The second-order valence-corrected chi connectivity index (χ2v) is 5.23. The zero-order chi connectivity index (χ0) is 13.4. The lowest BCUT2D eigenvalue weighted by Gasteiger charge is -2.06. The highest BCUT2D eigenvalue weighted by Gasteiger charge is 2.10. The van der Waals surface area contributed by atoms with Crippen molar-refractivity contribution in [1.29, 1.82) is 0 Å². The molecule has 3 aromatic rings. The van der Waals surface area contributed by atoms with Crippen molar-refractivity contribution < 1.29 is 4.39 Å². The van der Waals surface area contributed by atoms with Crippen LogP contribution in [-0.2, 0) is 0 Å². The van der Waals surface area contributed by atoms with Crippen LogP contribution in [-0.4, -0.2) is 10.2 Å². The average Bonchev–Trinajstić information content (AvgIpc) is 2.43. The van der Waals surface area contributed by atoms with Gasteiger partial charge in [-0.25, -0.2) is 4.39 Å². The fourth-order valence-corrected chi connectivity index (χ4v) is 2.51. The third kappa shape index (κ3) is 2.22. The molecular formula is C14H7BrClFN2. The largest absolute Gasteiger partial charge is 0.206 e. The number of fused-ring (bicyclic) bond motifs is 1. The number of nitrogens with zero attached hydrogens (tertiary/aromatic N) is 2. The van der Waals surface area contributed by atoms with Crippen molar-refractivity contribution in [3.8, 4) is 11.3 Å². The number of hydrogen-bond acceptors (Lipinski definition) is 2. The molecule has 2 nitrogen and oxygen atoms in total. The van der Waals surface area contributed by atoms with E-state index in [0.29, 0.717) is 15.3 Å². The molecule has 0 aliphatic carbocycles. The van der Waals surface area contributed by atoms with Crippen LogP contribution in [0.2, 0.25) is 5.15 Å². The molecule has 0 amide bonds. The molecule has 1 aromatic heterocycles. The van der Waals surface area contributed by atoms with Crippen LogP contribution in [0.15, 0.2) is 46.9 Å². The van der Waals surface area contributed by atoms with Gasteiger partial charge in [-0.3, -0.25) is 0 Å². The van der Waals surface area contributed by atoms with Crippen molar-refractivity contribution in [2.75, 3.05) is 0 Å². The minimum atomic E-state index is -0.310. The molecule has 1 heterocycles. The first-order chi connectivity index (χ1) is 9.16. The van der Waals surface area contributed by atoms with Gasteiger partial charge in [0, 0.05) is 16.3 Å². The van der Waals surface area contributed by atoms with E-state index in [9.17, 15) is 4.39 Å². The van der Waals surface area contributed by atoms with Crippen LogP contribution in [0, 0.1) is 5.82 Å². The summed E-state index contributed by atoms with van der Waals surface area (Å²) >= 11 is 9.20. The number of halogens is 3. The Morgan fingerprint density at radius 3 is 2.47 bits per heavy atom. The molecule has 0 aliphatic heterocycles. The standard InChI is InChI=1S/C14H7BrClFN2/c15-11-7-8(5-6-12(11)17)13-9-3-1-2-4-10(9)14(16)19-18-13/h1-7H. The normalized spacial score (nSPS) is 10.9. The molecule has 0 unspecified atom stereocenters. The maximum absolute atomic E-state index is 13.3. The molecule has 0 fully saturated rings. The minimum absolute atomic E-state index is 0.310. The smallest absolute Gasteiger partial charge is 0.159 e. The Kier molecular flexibility index (Phi) is 3.21. The molecule has 0 atom stereocenters. The lowest BCUT2D eigenvalue weighted by molar-refractivity contribution is 0.621. The van der Waals surface area contributed by atoms with Crippen LogP contribution in [0.25, 0.3) is 22.0 Å². The summed E-state index contributed by atoms with van der Waals surface area (Å²) in [5, 5.41) is 10.1. The topological polar surface area (TPSA) is 25.8 Å². The molecule has 3 rings (SSSR count). The van der Waals surface area contributed by atoms with Crippen LogP contribution in [0.1, 0.15) is 0 Å². The predicted molar refractivity (Wildman–Crippen MR) is 77.6 cm³/mol. The Balaban J connectivity index is 2.31. The minimum Gasteiger partial charge on any atom is -0.206 e. The van der Waals surface area contributed by atoms with Gasteiger partial charge in [-0.05, 0) is 34.1 Å². The van der Waals surface area contributed by atoms with Gasteiger partial charge in [0.2, 0.25) is 0 Å². The molecule has 5 heteroatoms. The Labute approximate surface area is 122 Å². The number of benzene rings is 2. The number of hydrogen-bond donors (Lipinski definition) is 0. The first-order valence-electron chi connectivity index (χ1n) is 5.53. The van der Waals surface area contributed by atoms with Gasteiger partial charge < -0.3 is 0 Å². The second kappa shape index (κ2) is 4.87. The van der Waals surface area contributed by atoms with Gasteiger partial charge >= 0.3 is 0 Å². The molecule has 0 radical (unpaired) electrons. The lowest BCUT2D eigenvalue weighted by atomic mass is 10.1. The van der Waals surface area contributed by atoms with Gasteiger partial charge in [0.1, 0.15) is 11.5 Å². The Morgan fingerprint density at radius 2 is 1.74 bits per heavy atom. The second-order valence-electron chi connectivity index (χ2n) is 4.01. The van der Waals surface area contributed by atoms with Gasteiger partial charge in [-0.15, -0.1) is 10.2 Å². The van der Waals surface area contributed by atoms with Gasteiger partial charge in [0.05, 0.1) is 4.47 Å². The van der Waals surface area contributed by atoms with Crippen molar-refractivity contribution in [1.82, 2.24) is 10.2 Å². The molecule has 0 saturated carbocycles. The van der Waals surface area contributed by atoms with Crippen LogP contribution in [0.4, 0.5) is 4.39 Å². The molecule has 94 valence electrons. The van der Waals surface area contributed by atoms with Crippen LogP contribution in [0.3, 0.4) is 0 Å². The predicted octanol–water partition coefficient (Wildman–Crippen LogP) is 4.85. The summed E-state index contributed by atoms with van der Waals surface area (Å²) in [6, 6.07) is 12.3. The van der Waals surface area contributed by atoms with Gasteiger partial charge in [0.25, 0.3) is 0 Å². The molecule has 2 aromatic carbocycles. The van der Waals surface area contributed by atoms with Gasteiger partial charge in [-0.2, -0.15) is 0 Å². The van der Waals surface area contributed by atoms with Crippen molar-refractivity contribution in [3.05, 3.63) is 57.9 Å². The maximum Gasteiger partial charge on any atom is 0.159 e.